The quantitative estimate of drug-likeness (QED) is 0.897. The number of carbonyl (C=O) groups excluding carboxylic acids is 1. The van der Waals surface area contributed by atoms with Crippen molar-refractivity contribution in [2.24, 2.45) is 0 Å². The summed E-state index contributed by atoms with van der Waals surface area (Å²) in [5, 5.41) is 2.45. The Bertz CT molecular complexity index is 523. The number of benzene rings is 1. The topological polar surface area (TPSA) is 32.3 Å². The zero-order valence-electron chi connectivity index (χ0n) is 13.3. The summed E-state index contributed by atoms with van der Waals surface area (Å²) in [4.78, 5) is 14.4. The van der Waals surface area contributed by atoms with Crippen molar-refractivity contribution in [1.29, 1.82) is 0 Å². The fourth-order valence-electron chi connectivity index (χ4n) is 2.90. The maximum Gasteiger partial charge on any atom is 0.418 e. The van der Waals surface area contributed by atoms with E-state index < -0.39 is 17.8 Å². The Hall–Kier alpha value is -1.56. The summed E-state index contributed by atoms with van der Waals surface area (Å²) in [5.74, 6) is -0.387. The normalized spacial score (nSPS) is 18.8. The molecule has 1 N–H and O–H groups in total. The van der Waals surface area contributed by atoms with Crippen LogP contribution in [0.15, 0.2) is 24.3 Å². The third-order valence-electron chi connectivity index (χ3n) is 4.31. The number of nitrogens with one attached hydrogen (secondary N) is 1. The number of para-hydroxylation sites is 1. The van der Waals surface area contributed by atoms with Crippen molar-refractivity contribution in [1.82, 2.24) is 4.90 Å². The standard InChI is InChI=1S/C17H23F3N2O/c1-13(22-11-7-3-2-4-8-12-22)16(23)21-15-10-6-5-9-14(15)17(18,19)20/h5-6,9-10,13H,2-4,7-8,11-12H2,1H3,(H,21,23). The second-order valence-electron chi connectivity index (χ2n) is 6.01. The third-order valence-corrected chi connectivity index (χ3v) is 4.31. The molecule has 128 valence electrons. The fraction of sp³-hybridized carbons (Fsp3) is 0.588. The average molecular weight is 328 g/mol. The first-order valence-corrected chi connectivity index (χ1v) is 8.11. The molecule has 0 bridgehead atoms. The second-order valence-corrected chi connectivity index (χ2v) is 6.01. The van der Waals surface area contributed by atoms with Gasteiger partial charge in [-0.05, 0) is 45.0 Å². The van der Waals surface area contributed by atoms with Gasteiger partial charge in [0.2, 0.25) is 5.91 Å². The van der Waals surface area contributed by atoms with Crippen molar-refractivity contribution in [2.75, 3.05) is 18.4 Å². The number of hydrogen-bond donors (Lipinski definition) is 1. The Morgan fingerprint density at radius 2 is 1.65 bits per heavy atom. The van der Waals surface area contributed by atoms with Crippen LogP contribution in [0.2, 0.25) is 0 Å². The van der Waals surface area contributed by atoms with Crippen LogP contribution < -0.4 is 5.32 Å². The first-order valence-electron chi connectivity index (χ1n) is 8.11. The van der Waals surface area contributed by atoms with Gasteiger partial charge in [-0.1, -0.05) is 31.4 Å². The summed E-state index contributed by atoms with van der Waals surface area (Å²) in [6, 6.07) is 4.65. The molecular formula is C17H23F3N2O. The number of carbonyl (C=O) groups is 1. The number of alkyl halides is 3. The third kappa shape index (κ3) is 4.96. The molecule has 1 saturated heterocycles. The van der Waals surface area contributed by atoms with E-state index in [-0.39, 0.29) is 11.6 Å². The Morgan fingerprint density at radius 1 is 1.09 bits per heavy atom. The highest BCUT2D eigenvalue weighted by molar-refractivity contribution is 5.95. The van der Waals surface area contributed by atoms with E-state index >= 15 is 0 Å². The van der Waals surface area contributed by atoms with Crippen LogP contribution in [0.25, 0.3) is 0 Å². The summed E-state index contributed by atoms with van der Waals surface area (Å²) < 4.78 is 39.0. The largest absolute Gasteiger partial charge is 0.418 e. The molecule has 23 heavy (non-hydrogen) atoms. The number of nitrogens with zero attached hydrogens (tertiary/aromatic N) is 1. The van der Waals surface area contributed by atoms with E-state index in [0.29, 0.717) is 0 Å². The molecule has 0 spiro atoms. The lowest BCUT2D eigenvalue weighted by atomic mass is 10.1. The lowest BCUT2D eigenvalue weighted by Crippen LogP contribution is -2.43. The first-order chi connectivity index (χ1) is 10.9. The molecule has 1 amide bonds. The number of amides is 1. The van der Waals surface area contributed by atoms with Crippen LogP contribution in [0, 0.1) is 0 Å². The van der Waals surface area contributed by atoms with Crippen LogP contribution in [-0.4, -0.2) is 29.9 Å². The van der Waals surface area contributed by atoms with Crippen molar-refractivity contribution in [3.63, 3.8) is 0 Å². The molecule has 3 nitrogen and oxygen atoms in total. The summed E-state index contributed by atoms with van der Waals surface area (Å²) >= 11 is 0. The van der Waals surface area contributed by atoms with Gasteiger partial charge in [0.15, 0.2) is 0 Å². The van der Waals surface area contributed by atoms with E-state index in [1.807, 2.05) is 0 Å². The van der Waals surface area contributed by atoms with Crippen LogP contribution in [0.5, 0.6) is 0 Å². The minimum absolute atomic E-state index is 0.177. The van der Waals surface area contributed by atoms with E-state index in [4.69, 9.17) is 0 Å². The molecule has 0 saturated carbocycles. The van der Waals surface area contributed by atoms with E-state index in [1.54, 1.807) is 6.92 Å². The molecule has 0 radical (unpaired) electrons. The predicted molar refractivity (Wildman–Crippen MR) is 84.2 cm³/mol. The van der Waals surface area contributed by atoms with Crippen LogP contribution in [0.4, 0.5) is 18.9 Å². The molecule has 1 heterocycles. The summed E-state index contributed by atoms with van der Waals surface area (Å²) in [5.41, 5.74) is -0.989. The molecule has 0 aliphatic carbocycles. The molecule has 1 aromatic carbocycles. The molecule has 2 rings (SSSR count). The maximum atomic E-state index is 13.0. The molecule has 0 aromatic heterocycles. The maximum absolute atomic E-state index is 13.0. The van der Waals surface area contributed by atoms with Gasteiger partial charge >= 0.3 is 6.18 Å². The van der Waals surface area contributed by atoms with Gasteiger partial charge in [-0.25, -0.2) is 0 Å². The van der Waals surface area contributed by atoms with Crippen LogP contribution >= 0.6 is 0 Å². The Morgan fingerprint density at radius 3 is 2.26 bits per heavy atom. The Kier molecular flexibility index (Phi) is 6.04. The fourth-order valence-corrected chi connectivity index (χ4v) is 2.90. The Labute approximate surface area is 134 Å². The summed E-state index contributed by atoms with van der Waals surface area (Å²) in [6.45, 7) is 3.39. The molecular weight excluding hydrogens is 305 g/mol. The number of likely N-dealkylation sites (tertiary alicyclic amines) is 1. The zero-order valence-corrected chi connectivity index (χ0v) is 13.3. The zero-order chi connectivity index (χ0) is 16.9. The number of anilines is 1. The second kappa shape index (κ2) is 7.81. The van der Waals surface area contributed by atoms with Crippen molar-refractivity contribution < 1.29 is 18.0 Å². The van der Waals surface area contributed by atoms with Gasteiger partial charge < -0.3 is 5.32 Å². The molecule has 1 aliphatic rings. The SMILES string of the molecule is CC(C(=O)Nc1ccccc1C(F)(F)F)N1CCCCCCC1. The molecule has 1 atom stereocenters. The number of halogens is 3. The van der Waals surface area contributed by atoms with Crippen molar-refractivity contribution in [3.8, 4) is 0 Å². The van der Waals surface area contributed by atoms with E-state index in [1.165, 1.54) is 24.6 Å². The lowest BCUT2D eigenvalue weighted by Gasteiger charge is -2.30. The molecule has 1 fully saturated rings. The van der Waals surface area contributed by atoms with Crippen molar-refractivity contribution in [3.05, 3.63) is 29.8 Å². The van der Waals surface area contributed by atoms with Gasteiger partial charge in [-0.15, -0.1) is 0 Å². The average Bonchev–Trinajstić information content (AvgIpc) is 2.45. The summed E-state index contributed by atoms with van der Waals surface area (Å²) in [6.07, 6.45) is 1.07. The Balaban J connectivity index is 2.06. The first kappa shape index (κ1) is 17.8. The van der Waals surface area contributed by atoms with Gasteiger partial charge in [0.25, 0.3) is 0 Å². The van der Waals surface area contributed by atoms with Crippen molar-refractivity contribution in [2.45, 2.75) is 51.2 Å². The molecule has 1 aliphatic heterocycles. The van der Waals surface area contributed by atoms with Crippen LogP contribution in [-0.2, 0) is 11.0 Å². The lowest BCUT2D eigenvalue weighted by molar-refractivity contribution is -0.137. The minimum atomic E-state index is -4.48. The summed E-state index contributed by atoms with van der Waals surface area (Å²) in [7, 11) is 0. The van der Waals surface area contributed by atoms with Gasteiger partial charge in [0, 0.05) is 0 Å². The van der Waals surface area contributed by atoms with E-state index in [9.17, 15) is 18.0 Å². The smallest absolute Gasteiger partial charge is 0.324 e. The molecule has 6 heteroatoms. The number of rotatable bonds is 3. The highest BCUT2D eigenvalue weighted by Crippen LogP contribution is 2.34. The van der Waals surface area contributed by atoms with E-state index in [0.717, 1.165) is 44.8 Å². The monoisotopic (exact) mass is 328 g/mol. The van der Waals surface area contributed by atoms with E-state index in [2.05, 4.69) is 10.2 Å². The minimum Gasteiger partial charge on any atom is -0.324 e. The van der Waals surface area contributed by atoms with Gasteiger partial charge in [0.05, 0.1) is 17.3 Å². The highest BCUT2D eigenvalue weighted by atomic mass is 19.4. The van der Waals surface area contributed by atoms with Crippen molar-refractivity contribution >= 4 is 11.6 Å². The molecule has 1 unspecified atom stereocenters. The van der Waals surface area contributed by atoms with Gasteiger partial charge in [-0.3, -0.25) is 9.69 Å². The van der Waals surface area contributed by atoms with Crippen LogP contribution in [0.1, 0.15) is 44.6 Å². The van der Waals surface area contributed by atoms with Gasteiger partial charge in [-0.2, -0.15) is 13.2 Å². The molecule has 1 aromatic rings. The predicted octanol–water partition coefficient (Wildman–Crippen LogP) is 4.30. The highest BCUT2D eigenvalue weighted by Gasteiger charge is 2.34. The van der Waals surface area contributed by atoms with Gasteiger partial charge in [0.1, 0.15) is 0 Å². The van der Waals surface area contributed by atoms with Crippen LogP contribution in [0.3, 0.4) is 0 Å². The number of hydrogen-bond acceptors (Lipinski definition) is 2.